The minimum absolute atomic E-state index is 1.33. The molecule has 0 atom stereocenters. The molecule has 0 saturated carbocycles. The van der Waals surface area contributed by atoms with E-state index in [0.717, 1.165) is 0 Å². The molecule has 2 radical (unpaired) electrons. The highest BCUT2D eigenvalue weighted by Gasteiger charge is 1.65. The van der Waals surface area contributed by atoms with Gasteiger partial charge in [0.2, 0.25) is 0 Å². The lowest BCUT2D eigenvalue weighted by Crippen LogP contribution is -2.03. The number of hydrogen-bond donors (Lipinski definition) is 3. The molecule has 0 aromatic carbocycles. The van der Waals surface area contributed by atoms with Gasteiger partial charge in [-0.1, -0.05) is 0 Å². The molecule has 5 N–H and O–H groups in total. The Bertz CT molecular complexity index is 31.8. The quantitative estimate of drug-likeness (QED) is 0.250. The van der Waals surface area contributed by atoms with E-state index in [-0.39, 0.29) is 0 Å². The summed E-state index contributed by atoms with van der Waals surface area (Å²) in [6, 6.07) is 0. The minimum atomic E-state index is -1.33. The van der Waals surface area contributed by atoms with Gasteiger partial charge in [0.15, 0.2) is 0 Å². The molecule has 0 aromatic rings. The summed E-state index contributed by atoms with van der Waals surface area (Å²) in [6.45, 7) is 0. The maximum absolute atomic E-state index is 8.78. The third kappa shape index (κ3) is 23.3. The topological polar surface area (TPSA) is 112 Å². The lowest BCUT2D eigenvalue weighted by Gasteiger charge is -1.61. The van der Waals surface area contributed by atoms with Crippen LogP contribution in [0.15, 0.2) is 0 Å². The summed E-state index contributed by atoms with van der Waals surface area (Å²) < 4.78 is 0. The fraction of sp³-hybridized carbons (Fsp3) is 0. The molecular weight excluding hydrogens is 86.0 g/mol. The average Bonchev–Trinajstić information content (AvgIpc) is 1.41. The molecular formula is CH5N3O2. The number of carboxylic acid groups (broad SMARTS) is 1. The van der Waals surface area contributed by atoms with Gasteiger partial charge in [0.25, 0.3) is 0 Å². The summed E-state index contributed by atoms with van der Waals surface area (Å²) in [5, 5.41) is 7.19. The predicted octanol–water partition coefficient (Wildman–Crippen LogP) is -1.45. The molecule has 1 amide bonds. The molecule has 0 unspecified atom stereocenters. The number of nitrogens with two attached hydrogens (primary N) is 2. The zero-order valence-electron chi connectivity index (χ0n) is 2.96. The monoisotopic (exact) mass is 91.0 g/mol. The van der Waals surface area contributed by atoms with E-state index >= 15 is 0 Å². The van der Waals surface area contributed by atoms with Crippen molar-refractivity contribution in [2.45, 2.75) is 0 Å². The Hall–Kier alpha value is -0.810. The molecule has 0 aromatic heterocycles. The van der Waals surface area contributed by atoms with Gasteiger partial charge in [-0.3, -0.25) is 0 Å². The van der Waals surface area contributed by atoms with Gasteiger partial charge in [-0.25, -0.2) is 10.6 Å². The van der Waals surface area contributed by atoms with Crippen molar-refractivity contribution in [3.05, 3.63) is 0 Å². The maximum atomic E-state index is 8.78. The second-order valence-electron chi connectivity index (χ2n) is 0.338. The third-order valence-corrected chi connectivity index (χ3v) is 0. The van der Waals surface area contributed by atoms with Crippen LogP contribution in [0.4, 0.5) is 4.79 Å². The van der Waals surface area contributed by atoms with E-state index in [1.165, 1.54) is 0 Å². The number of amides is 1. The first-order chi connectivity index (χ1) is 2.73. The van der Waals surface area contributed by atoms with E-state index in [9.17, 15) is 0 Å². The largest absolute Gasteiger partial charge is 0.465 e. The summed E-state index contributed by atoms with van der Waals surface area (Å²) in [4.78, 5) is 8.78. The van der Waals surface area contributed by atoms with E-state index in [1.807, 2.05) is 0 Å². The molecule has 6 heavy (non-hydrogen) atoms. The highest BCUT2D eigenvalue weighted by Crippen LogP contribution is 1.34. The lowest BCUT2D eigenvalue weighted by molar-refractivity contribution is 0.205. The first-order valence-corrected chi connectivity index (χ1v) is 0.975. The molecule has 0 aliphatic heterocycles. The molecule has 0 bridgehead atoms. The Morgan fingerprint density at radius 3 is 1.67 bits per heavy atom. The van der Waals surface area contributed by atoms with Crippen LogP contribution in [0.5, 0.6) is 0 Å². The Morgan fingerprint density at radius 2 is 1.67 bits per heavy atom. The standard InChI is InChI=1S/CH3NO2.H2N2/c2-1(3)4;1-2/h2H2,(H,3,4);1H2. The average molecular weight is 91.1 g/mol. The second kappa shape index (κ2) is 8.89. The smallest absolute Gasteiger partial charge is 0.402 e. The summed E-state index contributed by atoms with van der Waals surface area (Å²) >= 11 is 0. The molecule has 0 spiro atoms. The van der Waals surface area contributed by atoms with Crippen LogP contribution in [0.2, 0.25) is 0 Å². The summed E-state index contributed by atoms with van der Waals surface area (Å²) in [7, 11) is 0. The van der Waals surface area contributed by atoms with Crippen molar-refractivity contribution >= 4 is 6.09 Å². The van der Waals surface area contributed by atoms with Crippen molar-refractivity contribution in [2.75, 3.05) is 0 Å². The van der Waals surface area contributed by atoms with Gasteiger partial charge in [0.1, 0.15) is 0 Å². The zero-order chi connectivity index (χ0) is 5.58. The van der Waals surface area contributed by atoms with E-state index in [0.29, 0.717) is 0 Å². The fourth-order valence-electron chi connectivity index (χ4n) is 0. The Morgan fingerprint density at radius 1 is 1.67 bits per heavy atom. The molecule has 0 rings (SSSR count). The number of primary amides is 1. The van der Waals surface area contributed by atoms with Crippen LogP contribution in [-0.2, 0) is 0 Å². The van der Waals surface area contributed by atoms with Crippen molar-refractivity contribution in [1.29, 1.82) is 0 Å². The van der Waals surface area contributed by atoms with Crippen LogP contribution in [-0.4, -0.2) is 11.2 Å². The van der Waals surface area contributed by atoms with Crippen LogP contribution in [0.3, 0.4) is 0 Å². The van der Waals surface area contributed by atoms with Crippen molar-refractivity contribution in [3.8, 4) is 0 Å². The maximum Gasteiger partial charge on any atom is 0.402 e. The van der Waals surface area contributed by atoms with Gasteiger partial charge in [0.05, 0.1) is 0 Å². The molecule has 0 aliphatic carbocycles. The number of carbonyl (C=O) groups is 1. The Balaban J connectivity index is 0. The molecule has 36 valence electrons. The Labute approximate surface area is 34.7 Å². The number of hydrogen-bond acceptors (Lipinski definition) is 2. The van der Waals surface area contributed by atoms with E-state index < -0.39 is 6.09 Å². The molecule has 5 nitrogen and oxygen atoms in total. The predicted molar refractivity (Wildman–Crippen MR) is 18.5 cm³/mol. The normalized spacial score (nSPS) is 5.00. The van der Waals surface area contributed by atoms with E-state index in [4.69, 9.17) is 15.7 Å². The van der Waals surface area contributed by atoms with Crippen LogP contribution >= 0.6 is 0 Å². The lowest BCUT2D eigenvalue weighted by atomic mass is 11.3. The molecule has 0 saturated heterocycles. The molecule has 5 heteroatoms. The Kier molecular flexibility index (Phi) is 13.3. The van der Waals surface area contributed by atoms with E-state index in [2.05, 4.69) is 11.6 Å². The van der Waals surface area contributed by atoms with Crippen LogP contribution in [0.1, 0.15) is 0 Å². The van der Waals surface area contributed by atoms with Gasteiger partial charge in [-0.2, -0.15) is 0 Å². The number of rotatable bonds is 0. The molecule has 0 fully saturated rings. The summed E-state index contributed by atoms with van der Waals surface area (Å²) in [5.41, 5.74) is 4.03. The van der Waals surface area contributed by atoms with Gasteiger partial charge < -0.3 is 10.8 Å². The third-order valence-electron chi connectivity index (χ3n) is 0. The van der Waals surface area contributed by atoms with Gasteiger partial charge in [0, 0.05) is 0 Å². The second-order valence-corrected chi connectivity index (χ2v) is 0.338. The van der Waals surface area contributed by atoms with Gasteiger partial charge in [-0.05, 0) is 5.84 Å². The van der Waals surface area contributed by atoms with Gasteiger partial charge >= 0.3 is 6.09 Å². The first-order valence-electron chi connectivity index (χ1n) is 0.975. The van der Waals surface area contributed by atoms with Crippen molar-refractivity contribution < 1.29 is 9.90 Å². The summed E-state index contributed by atoms with van der Waals surface area (Å²) in [6.07, 6.45) is -1.33. The van der Waals surface area contributed by atoms with Gasteiger partial charge in [-0.15, -0.1) is 0 Å². The SMILES string of the molecule is NC(=O)O.[N]N. The molecule has 0 heterocycles. The van der Waals surface area contributed by atoms with Crippen molar-refractivity contribution in [3.63, 3.8) is 0 Å². The highest BCUT2D eigenvalue weighted by molar-refractivity contribution is 5.61. The highest BCUT2D eigenvalue weighted by atomic mass is 16.4. The molecule has 0 aliphatic rings. The van der Waals surface area contributed by atoms with Crippen LogP contribution in [0, 0.1) is 0 Å². The first kappa shape index (κ1) is 8.95. The minimum Gasteiger partial charge on any atom is -0.465 e. The van der Waals surface area contributed by atoms with Crippen LogP contribution in [0.25, 0.3) is 0 Å². The van der Waals surface area contributed by atoms with E-state index in [1.54, 1.807) is 0 Å². The van der Waals surface area contributed by atoms with Crippen molar-refractivity contribution in [1.82, 2.24) is 5.84 Å². The number of nitrogens with zero attached hydrogens (tertiary/aromatic N) is 1. The zero-order valence-corrected chi connectivity index (χ0v) is 2.96. The van der Waals surface area contributed by atoms with Crippen molar-refractivity contribution in [2.24, 2.45) is 11.6 Å². The van der Waals surface area contributed by atoms with Crippen LogP contribution < -0.4 is 17.4 Å². The summed E-state index contributed by atoms with van der Waals surface area (Å²) in [5.74, 6) is 10.0. The fourth-order valence-corrected chi connectivity index (χ4v) is 0.